The number of nitrogens with zero attached hydrogens (tertiary/aromatic N) is 1. The van der Waals surface area contributed by atoms with E-state index in [-0.39, 0.29) is 0 Å². The minimum Gasteiger partial charge on any atom is -0.394 e. The molecule has 2 rings (SSSR count). The number of aliphatic hydroxyl groups excluding tert-OH is 1. The van der Waals surface area contributed by atoms with E-state index < -0.39 is 41.5 Å². The molecule has 0 aliphatic carbocycles. The highest BCUT2D eigenvalue weighted by atomic mass is 19.1. The van der Waals surface area contributed by atoms with Crippen molar-refractivity contribution in [2.24, 2.45) is 0 Å². The van der Waals surface area contributed by atoms with Gasteiger partial charge in [0.1, 0.15) is 11.7 Å². The van der Waals surface area contributed by atoms with Crippen molar-refractivity contribution in [1.29, 1.82) is 0 Å². The minimum atomic E-state index is -2.32. The average molecular weight is 274 g/mol. The topological polar surface area (TPSA) is 105 Å². The number of aliphatic hydroxyl groups is 2. The van der Waals surface area contributed by atoms with Crippen LogP contribution in [-0.4, -0.2) is 43.7 Å². The standard InChI is InChI=1S/C11H15FN2O5/c1-10(12)8(19-6(5-15)11(10,2)18)14-4-3-7(16)13-9(14)17/h3-4,6,8,15,18H,5H2,1-2H3,(H,13,16,17)/t6-,8+,10+,11+/m0/s1. The summed E-state index contributed by atoms with van der Waals surface area (Å²) in [7, 11) is 0. The van der Waals surface area contributed by atoms with Gasteiger partial charge in [-0.15, -0.1) is 0 Å². The van der Waals surface area contributed by atoms with E-state index in [1.807, 2.05) is 4.98 Å². The lowest BCUT2D eigenvalue weighted by atomic mass is 9.85. The normalized spacial score (nSPS) is 38.6. The number of hydrogen-bond donors (Lipinski definition) is 3. The number of alkyl halides is 1. The van der Waals surface area contributed by atoms with Crippen molar-refractivity contribution in [2.75, 3.05) is 6.61 Å². The van der Waals surface area contributed by atoms with Crippen molar-refractivity contribution >= 4 is 0 Å². The smallest absolute Gasteiger partial charge is 0.330 e. The van der Waals surface area contributed by atoms with Crippen molar-refractivity contribution in [3.8, 4) is 0 Å². The van der Waals surface area contributed by atoms with Crippen LogP contribution in [-0.2, 0) is 4.74 Å². The SMILES string of the molecule is C[C@@]1(O)[C@H](CO)O[C@@H](n2ccc(=O)[nH]c2=O)[C@@]1(C)F. The summed E-state index contributed by atoms with van der Waals surface area (Å²) in [6.07, 6.45) is -1.53. The molecule has 3 N–H and O–H groups in total. The number of rotatable bonds is 2. The van der Waals surface area contributed by atoms with Gasteiger partial charge in [0.15, 0.2) is 11.9 Å². The van der Waals surface area contributed by atoms with Gasteiger partial charge in [0.05, 0.1) is 6.61 Å². The van der Waals surface area contributed by atoms with Gasteiger partial charge < -0.3 is 14.9 Å². The molecule has 106 valence electrons. The number of H-pyrrole nitrogens is 1. The van der Waals surface area contributed by atoms with Crippen LogP contribution in [0.5, 0.6) is 0 Å². The summed E-state index contributed by atoms with van der Waals surface area (Å²) in [4.78, 5) is 24.6. The monoisotopic (exact) mass is 274 g/mol. The van der Waals surface area contributed by atoms with E-state index in [9.17, 15) is 19.1 Å². The summed E-state index contributed by atoms with van der Waals surface area (Å²) < 4.78 is 20.8. The van der Waals surface area contributed by atoms with Crippen LogP contribution in [0.3, 0.4) is 0 Å². The van der Waals surface area contributed by atoms with Crippen LogP contribution in [0.1, 0.15) is 20.1 Å². The molecule has 0 aromatic carbocycles. The predicted molar refractivity (Wildman–Crippen MR) is 62.5 cm³/mol. The summed E-state index contributed by atoms with van der Waals surface area (Å²) in [5.74, 6) is 0. The molecule has 0 unspecified atom stereocenters. The molecule has 4 atom stereocenters. The summed E-state index contributed by atoms with van der Waals surface area (Å²) in [6.45, 7) is 1.66. The van der Waals surface area contributed by atoms with Gasteiger partial charge in [-0.3, -0.25) is 14.3 Å². The Morgan fingerprint density at radius 1 is 1.53 bits per heavy atom. The number of ether oxygens (including phenoxy) is 1. The van der Waals surface area contributed by atoms with Crippen molar-refractivity contribution < 1.29 is 19.3 Å². The summed E-state index contributed by atoms with van der Waals surface area (Å²) in [5.41, 5.74) is -5.76. The summed E-state index contributed by atoms with van der Waals surface area (Å²) >= 11 is 0. The molecule has 2 heterocycles. The zero-order valence-electron chi connectivity index (χ0n) is 10.5. The second-order valence-corrected chi connectivity index (χ2v) is 4.90. The van der Waals surface area contributed by atoms with Crippen LogP contribution < -0.4 is 11.2 Å². The van der Waals surface area contributed by atoms with Gasteiger partial charge in [0.2, 0.25) is 0 Å². The molecule has 0 radical (unpaired) electrons. The summed E-state index contributed by atoms with van der Waals surface area (Å²) in [5, 5.41) is 19.2. The quantitative estimate of drug-likeness (QED) is 0.635. The van der Waals surface area contributed by atoms with Gasteiger partial charge in [-0.1, -0.05) is 0 Å². The molecule has 8 heteroatoms. The third kappa shape index (κ3) is 1.92. The zero-order valence-corrected chi connectivity index (χ0v) is 10.5. The maximum absolute atomic E-state index is 14.7. The Labute approximate surface area is 107 Å². The fraction of sp³-hybridized carbons (Fsp3) is 0.636. The highest BCUT2D eigenvalue weighted by Gasteiger charge is 2.63. The molecule has 1 saturated heterocycles. The van der Waals surface area contributed by atoms with Gasteiger partial charge >= 0.3 is 5.69 Å². The second kappa shape index (κ2) is 4.26. The Bertz CT molecular complexity index is 591. The van der Waals surface area contributed by atoms with E-state index >= 15 is 0 Å². The second-order valence-electron chi connectivity index (χ2n) is 4.90. The van der Waals surface area contributed by atoms with Crippen molar-refractivity contribution in [3.63, 3.8) is 0 Å². The molecule has 1 aromatic rings. The Morgan fingerprint density at radius 2 is 2.16 bits per heavy atom. The molecule has 0 bridgehead atoms. The molecule has 7 nitrogen and oxygen atoms in total. The molecule has 0 amide bonds. The number of halogens is 1. The van der Waals surface area contributed by atoms with Gasteiger partial charge in [-0.05, 0) is 13.8 Å². The zero-order chi connectivity index (χ0) is 14.4. The molecule has 1 aliphatic heterocycles. The van der Waals surface area contributed by atoms with Crippen LogP contribution in [0.2, 0.25) is 0 Å². The lowest BCUT2D eigenvalue weighted by Crippen LogP contribution is -2.52. The summed E-state index contributed by atoms with van der Waals surface area (Å²) in [6, 6.07) is 1.04. The number of nitrogens with one attached hydrogen (secondary N) is 1. The van der Waals surface area contributed by atoms with Crippen molar-refractivity contribution in [1.82, 2.24) is 9.55 Å². The molecule has 0 spiro atoms. The van der Waals surface area contributed by atoms with Crippen molar-refractivity contribution in [3.05, 3.63) is 33.1 Å². The van der Waals surface area contributed by atoms with Gasteiger partial charge in [-0.2, -0.15) is 0 Å². The molecule has 1 fully saturated rings. The van der Waals surface area contributed by atoms with E-state index in [0.717, 1.165) is 23.8 Å². The van der Waals surface area contributed by atoms with E-state index in [4.69, 9.17) is 9.84 Å². The lowest BCUT2D eigenvalue weighted by Gasteiger charge is -2.32. The van der Waals surface area contributed by atoms with Crippen LogP contribution in [0, 0.1) is 0 Å². The van der Waals surface area contributed by atoms with Gasteiger partial charge in [0.25, 0.3) is 5.56 Å². The van der Waals surface area contributed by atoms with E-state index in [1.165, 1.54) is 6.92 Å². The van der Waals surface area contributed by atoms with Crippen LogP contribution in [0.15, 0.2) is 21.9 Å². The third-order valence-corrected chi connectivity index (χ3v) is 3.64. The highest BCUT2D eigenvalue weighted by molar-refractivity contribution is 5.09. The molecule has 19 heavy (non-hydrogen) atoms. The molecule has 0 saturated carbocycles. The number of aromatic amines is 1. The van der Waals surface area contributed by atoms with E-state index in [1.54, 1.807) is 0 Å². The number of hydrogen-bond acceptors (Lipinski definition) is 5. The predicted octanol–water partition coefficient (Wildman–Crippen LogP) is -1.09. The Morgan fingerprint density at radius 3 is 2.63 bits per heavy atom. The molecule has 1 aliphatic rings. The Hall–Kier alpha value is -1.51. The first-order valence-corrected chi connectivity index (χ1v) is 5.71. The van der Waals surface area contributed by atoms with Crippen molar-refractivity contribution in [2.45, 2.75) is 37.4 Å². The number of aromatic nitrogens is 2. The van der Waals surface area contributed by atoms with Crippen LogP contribution >= 0.6 is 0 Å². The third-order valence-electron chi connectivity index (χ3n) is 3.64. The van der Waals surface area contributed by atoms with E-state index in [0.29, 0.717) is 0 Å². The first kappa shape index (κ1) is 13.9. The van der Waals surface area contributed by atoms with Crippen LogP contribution in [0.25, 0.3) is 0 Å². The maximum atomic E-state index is 14.7. The maximum Gasteiger partial charge on any atom is 0.330 e. The van der Waals surface area contributed by atoms with E-state index in [2.05, 4.69) is 0 Å². The fourth-order valence-corrected chi connectivity index (χ4v) is 2.14. The fourth-order valence-electron chi connectivity index (χ4n) is 2.14. The first-order valence-electron chi connectivity index (χ1n) is 5.71. The molecular weight excluding hydrogens is 259 g/mol. The molecular formula is C11H15FN2O5. The van der Waals surface area contributed by atoms with Gasteiger partial charge in [0, 0.05) is 12.3 Å². The largest absolute Gasteiger partial charge is 0.394 e. The van der Waals surface area contributed by atoms with Crippen LogP contribution in [0.4, 0.5) is 4.39 Å². The minimum absolute atomic E-state index is 0.596. The Balaban J connectivity index is 2.52. The highest BCUT2D eigenvalue weighted by Crippen LogP contribution is 2.47. The lowest BCUT2D eigenvalue weighted by molar-refractivity contribution is -0.0892. The average Bonchev–Trinajstić information content (AvgIpc) is 2.47. The Kier molecular flexibility index (Phi) is 3.12. The molecule has 1 aromatic heterocycles. The first-order chi connectivity index (χ1) is 8.71. The van der Waals surface area contributed by atoms with Gasteiger partial charge in [-0.25, -0.2) is 9.18 Å².